The SMILES string of the molecule is CCCCCCCCO/C=C(\C)CCc1ccccc1. The van der Waals surface area contributed by atoms with Gasteiger partial charge in [-0.3, -0.25) is 0 Å². The number of aryl methyl sites for hydroxylation is 1. The minimum atomic E-state index is 0.870. The first-order valence-electron chi connectivity index (χ1n) is 8.14. The minimum absolute atomic E-state index is 0.870. The van der Waals surface area contributed by atoms with Crippen molar-refractivity contribution in [3.63, 3.8) is 0 Å². The predicted octanol–water partition coefficient (Wildman–Crippen LogP) is 5.90. The maximum absolute atomic E-state index is 5.63. The Bertz CT molecular complexity index is 353. The van der Waals surface area contributed by atoms with Gasteiger partial charge in [-0.15, -0.1) is 0 Å². The van der Waals surface area contributed by atoms with E-state index in [1.165, 1.54) is 49.7 Å². The molecule has 0 saturated carbocycles. The first-order valence-corrected chi connectivity index (χ1v) is 8.14. The average molecular weight is 274 g/mol. The van der Waals surface area contributed by atoms with Crippen LogP contribution in [0.5, 0.6) is 0 Å². The molecular weight excluding hydrogens is 244 g/mol. The Kier molecular flexibility index (Phi) is 9.73. The highest BCUT2D eigenvalue weighted by atomic mass is 16.5. The number of benzene rings is 1. The van der Waals surface area contributed by atoms with Crippen LogP contribution in [0.3, 0.4) is 0 Å². The number of unbranched alkanes of at least 4 members (excludes halogenated alkanes) is 5. The Balaban J connectivity index is 2.01. The quantitative estimate of drug-likeness (QED) is 0.360. The zero-order valence-electron chi connectivity index (χ0n) is 13.2. The zero-order chi connectivity index (χ0) is 14.5. The fraction of sp³-hybridized carbons (Fsp3) is 0.579. The standard InChI is InChI=1S/C19H30O/c1-3-4-5-6-7-11-16-20-17-18(2)14-15-19-12-9-8-10-13-19/h8-10,12-13,17H,3-7,11,14-16H2,1-2H3/b18-17+. The van der Waals surface area contributed by atoms with Crippen molar-refractivity contribution in [2.75, 3.05) is 6.61 Å². The Morgan fingerprint density at radius 1 is 1.00 bits per heavy atom. The van der Waals surface area contributed by atoms with E-state index in [1.807, 2.05) is 6.26 Å². The van der Waals surface area contributed by atoms with Gasteiger partial charge in [-0.2, -0.15) is 0 Å². The summed E-state index contributed by atoms with van der Waals surface area (Å²) >= 11 is 0. The molecular formula is C19H30O. The minimum Gasteiger partial charge on any atom is -0.501 e. The van der Waals surface area contributed by atoms with Gasteiger partial charge in [-0.05, 0) is 37.3 Å². The number of hydrogen-bond donors (Lipinski definition) is 0. The molecule has 0 atom stereocenters. The lowest BCUT2D eigenvalue weighted by atomic mass is 10.1. The zero-order valence-corrected chi connectivity index (χ0v) is 13.2. The molecule has 0 fully saturated rings. The summed E-state index contributed by atoms with van der Waals surface area (Å²) in [6.45, 7) is 5.28. The molecule has 0 aliphatic carbocycles. The second-order valence-corrected chi connectivity index (χ2v) is 5.59. The molecule has 20 heavy (non-hydrogen) atoms. The lowest BCUT2D eigenvalue weighted by molar-refractivity contribution is 0.237. The Hall–Kier alpha value is -1.24. The Morgan fingerprint density at radius 2 is 1.70 bits per heavy atom. The third-order valence-electron chi connectivity index (χ3n) is 3.55. The van der Waals surface area contributed by atoms with Crippen LogP contribution in [0.25, 0.3) is 0 Å². The average Bonchev–Trinajstić information content (AvgIpc) is 2.49. The van der Waals surface area contributed by atoms with Crippen LogP contribution in [0, 0.1) is 0 Å². The van der Waals surface area contributed by atoms with E-state index in [1.54, 1.807) is 0 Å². The van der Waals surface area contributed by atoms with E-state index in [2.05, 4.69) is 44.2 Å². The maximum atomic E-state index is 5.63. The lowest BCUT2D eigenvalue weighted by Crippen LogP contribution is -1.91. The van der Waals surface area contributed by atoms with Gasteiger partial charge >= 0.3 is 0 Å². The van der Waals surface area contributed by atoms with Crippen molar-refractivity contribution >= 4 is 0 Å². The molecule has 1 rings (SSSR count). The molecule has 1 aromatic rings. The number of rotatable bonds is 11. The van der Waals surface area contributed by atoms with Gasteiger partial charge in [-0.25, -0.2) is 0 Å². The number of hydrogen-bond acceptors (Lipinski definition) is 1. The number of allylic oxidation sites excluding steroid dienone is 1. The smallest absolute Gasteiger partial charge is 0.0873 e. The van der Waals surface area contributed by atoms with Gasteiger partial charge < -0.3 is 4.74 Å². The topological polar surface area (TPSA) is 9.23 Å². The highest BCUT2D eigenvalue weighted by Gasteiger charge is 1.95. The molecule has 0 N–H and O–H groups in total. The van der Waals surface area contributed by atoms with Gasteiger partial charge in [0, 0.05) is 0 Å². The summed E-state index contributed by atoms with van der Waals surface area (Å²) < 4.78 is 5.63. The third-order valence-corrected chi connectivity index (χ3v) is 3.55. The monoisotopic (exact) mass is 274 g/mol. The second kappa shape index (κ2) is 11.6. The van der Waals surface area contributed by atoms with Crippen LogP contribution in [-0.2, 0) is 11.2 Å². The summed E-state index contributed by atoms with van der Waals surface area (Å²) in [5.74, 6) is 0. The molecule has 0 aliphatic heterocycles. The fourth-order valence-corrected chi connectivity index (χ4v) is 2.21. The fourth-order valence-electron chi connectivity index (χ4n) is 2.21. The van der Waals surface area contributed by atoms with Crippen molar-refractivity contribution in [1.82, 2.24) is 0 Å². The molecule has 0 radical (unpaired) electrons. The molecule has 1 heteroatoms. The van der Waals surface area contributed by atoms with Crippen molar-refractivity contribution in [3.05, 3.63) is 47.7 Å². The van der Waals surface area contributed by atoms with E-state index in [4.69, 9.17) is 4.74 Å². The van der Waals surface area contributed by atoms with Crippen LogP contribution in [0.1, 0.15) is 64.4 Å². The maximum Gasteiger partial charge on any atom is 0.0873 e. The van der Waals surface area contributed by atoms with Gasteiger partial charge in [0.2, 0.25) is 0 Å². The van der Waals surface area contributed by atoms with Gasteiger partial charge in [0.1, 0.15) is 0 Å². The molecule has 0 aliphatic rings. The molecule has 0 bridgehead atoms. The lowest BCUT2D eigenvalue weighted by Gasteiger charge is -2.05. The summed E-state index contributed by atoms with van der Waals surface area (Å²) in [6.07, 6.45) is 12.1. The molecule has 1 nitrogen and oxygen atoms in total. The summed E-state index contributed by atoms with van der Waals surface area (Å²) in [6, 6.07) is 10.6. The molecule has 0 saturated heterocycles. The first-order chi connectivity index (χ1) is 9.83. The van der Waals surface area contributed by atoms with E-state index < -0.39 is 0 Å². The van der Waals surface area contributed by atoms with Gasteiger partial charge in [0.15, 0.2) is 0 Å². The summed E-state index contributed by atoms with van der Waals surface area (Å²) in [4.78, 5) is 0. The van der Waals surface area contributed by atoms with Crippen molar-refractivity contribution in [3.8, 4) is 0 Å². The normalized spacial score (nSPS) is 11.6. The number of ether oxygens (including phenoxy) is 1. The first kappa shape index (κ1) is 16.8. The summed E-state index contributed by atoms with van der Waals surface area (Å²) in [5, 5.41) is 0. The highest BCUT2D eigenvalue weighted by molar-refractivity contribution is 5.16. The van der Waals surface area contributed by atoms with Gasteiger partial charge in [0.25, 0.3) is 0 Å². The molecule has 1 aromatic carbocycles. The molecule has 0 unspecified atom stereocenters. The predicted molar refractivity (Wildman–Crippen MR) is 87.8 cm³/mol. The Morgan fingerprint density at radius 3 is 2.45 bits per heavy atom. The van der Waals surface area contributed by atoms with Crippen molar-refractivity contribution < 1.29 is 4.74 Å². The largest absolute Gasteiger partial charge is 0.501 e. The summed E-state index contributed by atoms with van der Waals surface area (Å²) in [5.41, 5.74) is 2.73. The van der Waals surface area contributed by atoms with Crippen molar-refractivity contribution in [2.45, 2.75) is 65.2 Å². The molecule has 0 spiro atoms. The van der Waals surface area contributed by atoms with Crippen molar-refractivity contribution in [1.29, 1.82) is 0 Å². The second-order valence-electron chi connectivity index (χ2n) is 5.59. The van der Waals surface area contributed by atoms with Crippen LogP contribution in [0.15, 0.2) is 42.2 Å². The van der Waals surface area contributed by atoms with Crippen molar-refractivity contribution in [2.24, 2.45) is 0 Å². The third kappa shape index (κ3) is 8.79. The Labute approximate surface area is 125 Å². The van der Waals surface area contributed by atoms with Crippen LogP contribution >= 0.6 is 0 Å². The van der Waals surface area contributed by atoms with Crippen LogP contribution in [0.4, 0.5) is 0 Å². The van der Waals surface area contributed by atoms with E-state index in [0.717, 1.165) is 19.4 Å². The van der Waals surface area contributed by atoms with Crippen LogP contribution in [-0.4, -0.2) is 6.61 Å². The van der Waals surface area contributed by atoms with E-state index in [9.17, 15) is 0 Å². The van der Waals surface area contributed by atoms with Gasteiger partial charge in [0.05, 0.1) is 12.9 Å². The molecule has 0 heterocycles. The molecule has 112 valence electrons. The highest BCUT2D eigenvalue weighted by Crippen LogP contribution is 2.09. The molecule has 0 amide bonds. The molecule has 0 aromatic heterocycles. The van der Waals surface area contributed by atoms with E-state index >= 15 is 0 Å². The van der Waals surface area contributed by atoms with Gasteiger partial charge in [-0.1, -0.05) is 69.4 Å². The van der Waals surface area contributed by atoms with Crippen LogP contribution in [0.2, 0.25) is 0 Å². The van der Waals surface area contributed by atoms with E-state index in [0.29, 0.717) is 0 Å². The van der Waals surface area contributed by atoms with Crippen LogP contribution < -0.4 is 0 Å². The van der Waals surface area contributed by atoms with E-state index in [-0.39, 0.29) is 0 Å². The summed E-state index contributed by atoms with van der Waals surface area (Å²) in [7, 11) is 0.